The minimum absolute atomic E-state index is 0.175. The number of anilines is 1. The summed E-state index contributed by atoms with van der Waals surface area (Å²) in [6.07, 6.45) is -1.25. The van der Waals surface area contributed by atoms with Gasteiger partial charge in [-0.1, -0.05) is 0 Å². The van der Waals surface area contributed by atoms with E-state index in [2.05, 4.69) is 15.4 Å². The standard InChI is InChI=1S/C20H19F3N4O3/c1-12(19(29)25-15-5-3-14(4-6-15)20(21,22)23)27-18(28)8-7-17(26-27)13-9-16(30-2)11-24-10-13/h3-10,12,16H,11H2,1-2H3,(H,25,29). The molecule has 1 N–H and O–H groups in total. The zero-order valence-electron chi connectivity index (χ0n) is 16.2. The van der Waals surface area contributed by atoms with Crippen molar-refractivity contribution >= 4 is 23.4 Å². The van der Waals surface area contributed by atoms with Gasteiger partial charge in [-0.15, -0.1) is 0 Å². The van der Waals surface area contributed by atoms with Gasteiger partial charge >= 0.3 is 6.18 Å². The maximum atomic E-state index is 12.7. The summed E-state index contributed by atoms with van der Waals surface area (Å²) in [6, 6.07) is 5.84. The number of aromatic nitrogens is 2. The lowest BCUT2D eigenvalue weighted by Crippen LogP contribution is -2.33. The number of carbonyl (C=O) groups is 1. The zero-order chi connectivity index (χ0) is 21.9. The predicted octanol–water partition coefficient (Wildman–Crippen LogP) is 2.94. The monoisotopic (exact) mass is 420 g/mol. The van der Waals surface area contributed by atoms with E-state index in [1.807, 2.05) is 6.08 Å². The first-order valence-corrected chi connectivity index (χ1v) is 9.02. The average molecular weight is 420 g/mol. The van der Waals surface area contributed by atoms with Crippen molar-refractivity contribution in [1.29, 1.82) is 0 Å². The van der Waals surface area contributed by atoms with E-state index >= 15 is 0 Å². The third-order valence-corrected chi connectivity index (χ3v) is 4.53. The van der Waals surface area contributed by atoms with Crippen molar-refractivity contribution in [3.63, 3.8) is 0 Å². The van der Waals surface area contributed by atoms with Crippen molar-refractivity contribution < 1.29 is 22.7 Å². The van der Waals surface area contributed by atoms with Gasteiger partial charge in [-0.25, -0.2) is 4.68 Å². The molecule has 158 valence electrons. The lowest BCUT2D eigenvalue weighted by molar-refractivity contribution is -0.137. The molecule has 2 aromatic rings. The van der Waals surface area contributed by atoms with Gasteiger partial charge in [0, 0.05) is 30.7 Å². The molecule has 1 aliphatic rings. The minimum Gasteiger partial charge on any atom is -0.375 e. The van der Waals surface area contributed by atoms with E-state index < -0.39 is 29.2 Å². The Morgan fingerprint density at radius 3 is 2.57 bits per heavy atom. The Morgan fingerprint density at radius 1 is 1.23 bits per heavy atom. The summed E-state index contributed by atoms with van der Waals surface area (Å²) in [7, 11) is 1.56. The van der Waals surface area contributed by atoms with Crippen molar-refractivity contribution in [3.05, 3.63) is 64.1 Å². The summed E-state index contributed by atoms with van der Waals surface area (Å²) in [6.45, 7) is 1.95. The molecule has 2 atom stereocenters. The maximum absolute atomic E-state index is 12.7. The lowest BCUT2D eigenvalue weighted by Gasteiger charge is -2.17. The number of carbonyl (C=O) groups excluding carboxylic acids is 1. The van der Waals surface area contributed by atoms with Gasteiger partial charge in [0.25, 0.3) is 5.56 Å². The first-order valence-electron chi connectivity index (χ1n) is 9.02. The SMILES string of the molecule is COC1C=C(c2ccc(=O)n(C(C)C(=O)Nc3ccc(C(F)(F)F)cc3)n2)C=NC1. The molecule has 10 heteroatoms. The zero-order valence-corrected chi connectivity index (χ0v) is 16.2. The Labute approximate surface area is 169 Å². The van der Waals surface area contributed by atoms with Gasteiger partial charge in [-0.2, -0.15) is 18.3 Å². The van der Waals surface area contributed by atoms with E-state index in [-0.39, 0.29) is 11.8 Å². The molecule has 1 amide bonds. The molecular formula is C20H19F3N4O3. The van der Waals surface area contributed by atoms with Gasteiger partial charge in [-0.3, -0.25) is 14.6 Å². The fourth-order valence-electron chi connectivity index (χ4n) is 2.80. The number of benzene rings is 1. The van der Waals surface area contributed by atoms with Gasteiger partial charge in [0.15, 0.2) is 0 Å². The highest BCUT2D eigenvalue weighted by Gasteiger charge is 2.30. The van der Waals surface area contributed by atoms with E-state index in [0.717, 1.165) is 28.9 Å². The highest BCUT2D eigenvalue weighted by atomic mass is 19.4. The quantitative estimate of drug-likeness (QED) is 0.806. The van der Waals surface area contributed by atoms with Crippen LogP contribution in [0, 0.1) is 0 Å². The maximum Gasteiger partial charge on any atom is 0.416 e. The molecule has 1 aromatic heterocycles. The van der Waals surface area contributed by atoms with Crippen molar-refractivity contribution in [1.82, 2.24) is 9.78 Å². The van der Waals surface area contributed by atoms with Gasteiger partial charge in [0.2, 0.25) is 5.91 Å². The third-order valence-electron chi connectivity index (χ3n) is 4.53. The Bertz CT molecular complexity index is 1040. The molecule has 1 aromatic carbocycles. The topological polar surface area (TPSA) is 85.6 Å². The molecule has 2 heterocycles. The highest BCUT2D eigenvalue weighted by molar-refractivity contribution is 6.09. The van der Waals surface area contributed by atoms with Crippen LogP contribution < -0.4 is 10.9 Å². The number of nitrogens with zero attached hydrogens (tertiary/aromatic N) is 3. The van der Waals surface area contributed by atoms with Crippen LogP contribution >= 0.6 is 0 Å². The largest absolute Gasteiger partial charge is 0.416 e. The third kappa shape index (κ3) is 4.82. The molecule has 2 unspecified atom stereocenters. The second kappa shape index (κ2) is 8.62. The first-order chi connectivity index (χ1) is 14.2. The number of allylic oxidation sites excluding steroid dienone is 1. The van der Waals surface area contributed by atoms with Crippen LogP contribution in [0.15, 0.2) is 52.3 Å². The number of rotatable bonds is 5. The highest BCUT2D eigenvalue weighted by Crippen LogP contribution is 2.29. The number of hydrogen-bond acceptors (Lipinski definition) is 5. The molecule has 0 bridgehead atoms. The van der Waals surface area contributed by atoms with Gasteiger partial charge < -0.3 is 10.1 Å². The van der Waals surface area contributed by atoms with Crippen LogP contribution in [0.5, 0.6) is 0 Å². The number of alkyl halides is 3. The first kappa shape index (κ1) is 21.4. The van der Waals surface area contributed by atoms with Crippen LogP contribution in [0.25, 0.3) is 5.57 Å². The molecule has 0 spiro atoms. The number of hydrogen-bond donors (Lipinski definition) is 1. The Kier molecular flexibility index (Phi) is 6.16. The van der Waals surface area contributed by atoms with Gasteiger partial charge in [-0.05, 0) is 43.3 Å². The van der Waals surface area contributed by atoms with Crippen LogP contribution in [0.3, 0.4) is 0 Å². The van der Waals surface area contributed by atoms with Crippen LogP contribution in [-0.2, 0) is 15.7 Å². The van der Waals surface area contributed by atoms with E-state index in [1.165, 1.54) is 19.1 Å². The van der Waals surface area contributed by atoms with Crippen molar-refractivity contribution in [2.75, 3.05) is 19.0 Å². The predicted molar refractivity (Wildman–Crippen MR) is 105 cm³/mol. The fourth-order valence-corrected chi connectivity index (χ4v) is 2.80. The Balaban J connectivity index is 1.80. The summed E-state index contributed by atoms with van der Waals surface area (Å²) < 4.78 is 44.2. The molecule has 0 fully saturated rings. The van der Waals surface area contributed by atoms with Crippen LogP contribution in [0.1, 0.15) is 24.2 Å². The summed E-state index contributed by atoms with van der Waals surface area (Å²) >= 11 is 0. The van der Waals surface area contributed by atoms with E-state index in [1.54, 1.807) is 13.3 Å². The van der Waals surface area contributed by atoms with Crippen LogP contribution in [0.2, 0.25) is 0 Å². The molecule has 1 aliphatic heterocycles. The smallest absolute Gasteiger partial charge is 0.375 e. The Hall–Kier alpha value is -3.27. The number of methoxy groups -OCH3 is 1. The normalized spacial score (nSPS) is 17.4. The molecule has 0 radical (unpaired) electrons. The molecular weight excluding hydrogens is 401 g/mol. The summed E-state index contributed by atoms with van der Waals surface area (Å²) in [4.78, 5) is 29.0. The summed E-state index contributed by atoms with van der Waals surface area (Å²) in [5.41, 5.74) is -0.0537. The van der Waals surface area contributed by atoms with E-state index in [9.17, 15) is 22.8 Å². The molecule has 0 saturated heterocycles. The van der Waals surface area contributed by atoms with Gasteiger partial charge in [0.05, 0.1) is 23.9 Å². The summed E-state index contributed by atoms with van der Waals surface area (Å²) in [5.74, 6) is -0.595. The number of ether oxygens (including phenoxy) is 1. The Morgan fingerprint density at radius 2 is 1.93 bits per heavy atom. The molecule has 30 heavy (non-hydrogen) atoms. The second-order valence-corrected chi connectivity index (χ2v) is 6.63. The summed E-state index contributed by atoms with van der Waals surface area (Å²) in [5, 5.41) is 6.75. The minimum atomic E-state index is -4.47. The van der Waals surface area contributed by atoms with E-state index in [4.69, 9.17) is 4.74 Å². The van der Waals surface area contributed by atoms with Crippen molar-refractivity contribution in [2.24, 2.45) is 4.99 Å². The number of halogens is 3. The molecule has 0 saturated carbocycles. The molecule has 7 nitrogen and oxygen atoms in total. The number of amides is 1. The van der Waals surface area contributed by atoms with Crippen LogP contribution in [-0.4, -0.2) is 41.7 Å². The van der Waals surface area contributed by atoms with Crippen molar-refractivity contribution in [3.8, 4) is 0 Å². The number of aliphatic imine (C=N–C) groups is 1. The average Bonchev–Trinajstić information content (AvgIpc) is 2.73. The van der Waals surface area contributed by atoms with Crippen molar-refractivity contribution in [2.45, 2.75) is 25.2 Å². The van der Waals surface area contributed by atoms with Crippen LogP contribution in [0.4, 0.5) is 18.9 Å². The lowest BCUT2D eigenvalue weighted by atomic mass is 10.1. The number of nitrogens with one attached hydrogen (secondary N) is 1. The molecule has 3 rings (SSSR count). The molecule has 0 aliphatic carbocycles. The van der Waals surface area contributed by atoms with Gasteiger partial charge in [0.1, 0.15) is 6.04 Å². The van der Waals surface area contributed by atoms with E-state index in [0.29, 0.717) is 17.8 Å². The second-order valence-electron chi connectivity index (χ2n) is 6.63. The number of dihydropyridines is 1. The fraction of sp³-hybridized carbons (Fsp3) is 0.300.